The van der Waals surface area contributed by atoms with Crippen molar-refractivity contribution >= 4 is 17.2 Å². The van der Waals surface area contributed by atoms with E-state index in [1.54, 1.807) is 6.33 Å². The predicted octanol–water partition coefficient (Wildman–Crippen LogP) is 4.33. The molecule has 0 bridgehead atoms. The average molecular weight is 314 g/mol. The fourth-order valence-corrected chi connectivity index (χ4v) is 3.06. The Kier molecular flexibility index (Phi) is 3.50. The molecule has 24 heavy (non-hydrogen) atoms. The van der Waals surface area contributed by atoms with Gasteiger partial charge in [-0.15, -0.1) is 0 Å². The van der Waals surface area contributed by atoms with Crippen molar-refractivity contribution in [3.63, 3.8) is 0 Å². The zero-order valence-corrected chi connectivity index (χ0v) is 13.7. The summed E-state index contributed by atoms with van der Waals surface area (Å²) in [5.41, 5.74) is 6.59. The SMILES string of the molecule is Cc1cc(/C=N\n2cnc3ccccc32)c(C)n1-c1ccccc1. The van der Waals surface area contributed by atoms with E-state index >= 15 is 0 Å². The molecule has 0 aliphatic carbocycles. The maximum atomic E-state index is 4.59. The highest BCUT2D eigenvalue weighted by Gasteiger charge is 2.09. The molecule has 0 amide bonds. The van der Waals surface area contributed by atoms with Gasteiger partial charge in [0, 0.05) is 22.6 Å². The lowest BCUT2D eigenvalue weighted by Gasteiger charge is -2.08. The number of para-hydroxylation sites is 3. The number of nitrogens with zero attached hydrogens (tertiary/aromatic N) is 4. The number of imidazole rings is 1. The summed E-state index contributed by atoms with van der Waals surface area (Å²) in [5, 5.41) is 4.59. The summed E-state index contributed by atoms with van der Waals surface area (Å²) in [6.45, 7) is 4.23. The summed E-state index contributed by atoms with van der Waals surface area (Å²) in [6.07, 6.45) is 3.65. The van der Waals surface area contributed by atoms with Crippen LogP contribution in [0.15, 0.2) is 72.1 Å². The summed E-state index contributed by atoms with van der Waals surface area (Å²) in [4.78, 5) is 4.37. The fourth-order valence-electron chi connectivity index (χ4n) is 3.06. The quantitative estimate of drug-likeness (QED) is 0.518. The molecule has 118 valence electrons. The molecule has 0 N–H and O–H groups in total. The number of benzene rings is 2. The summed E-state index contributed by atoms with van der Waals surface area (Å²) < 4.78 is 4.05. The monoisotopic (exact) mass is 314 g/mol. The van der Waals surface area contributed by atoms with Gasteiger partial charge in [-0.25, -0.2) is 9.66 Å². The third kappa shape index (κ3) is 2.42. The van der Waals surface area contributed by atoms with E-state index in [4.69, 9.17) is 0 Å². The molecule has 2 aromatic heterocycles. The Labute approximate surface area is 140 Å². The maximum Gasteiger partial charge on any atom is 0.118 e. The van der Waals surface area contributed by atoms with Gasteiger partial charge in [0.25, 0.3) is 0 Å². The molecule has 0 spiro atoms. The Hall–Kier alpha value is -3.14. The van der Waals surface area contributed by atoms with Gasteiger partial charge < -0.3 is 4.57 Å². The first-order chi connectivity index (χ1) is 11.7. The molecule has 2 heterocycles. The number of aromatic nitrogens is 3. The minimum atomic E-state index is 0.949. The molecule has 0 saturated carbocycles. The number of hydrogen-bond acceptors (Lipinski definition) is 2. The van der Waals surface area contributed by atoms with Crippen molar-refractivity contribution in [1.29, 1.82) is 0 Å². The first-order valence-electron chi connectivity index (χ1n) is 7.95. The zero-order valence-electron chi connectivity index (χ0n) is 13.7. The molecule has 0 atom stereocenters. The second-order valence-corrected chi connectivity index (χ2v) is 5.82. The predicted molar refractivity (Wildman–Crippen MR) is 98.0 cm³/mol. The molecule has 4 heteroatoms. The average Bonchev–Trinajstić information content (AvgIpc) is 3.14. The van der Waals surface area contributed by atoms with Crippen LogP contribution in [-0.4, -0.2) is 20.4 Å². The van der Waals surface area contributed by atoms with Gasteiger partial charge in [0.2, 0.25) is 0 Å². The summed E-state index contributed by atoms with van der Waals surface area (Å²) in [6, 6.07) is 20.5. The Morgan fingerprint density at radius 2 is 1.71 bits per heavy atom. The van der Waals surface area contributed by atoms with Gasteiger partial charge in [-0.1, -0.05) is 30.3 Å². The van der Waals surface area contributed by atoms with Crippen LogP contribution in [-0.2, 0) is 0 Å². The van der Waals surface area contributed by atoms with Crippen molar-refractivity contribution in [2.75, 3.05) is 0 Å². The van der Waals surface area contributed by atoms with E-state index in [1.807, 2.05) is 41.2 Å². The molecule has 0 radical (unpaired) electrons. The van der Waals surface area contributed by atoms with Gasteiger partial charge in [-0.3, -0.25) is 0 Å². The van der Waals surface area contributed by atoms with E-state index in [0.29, 0.717) is 0 Å². The van der Waals surface area contributed by atoms with Crippen LogP contribution in [0.2, 0.25) is 0 Å². The molecule has 4 rings (SSSR count). The van der Waals surface area contributed by atoms with E-state index in [0.717, 1.165) is 16.6 Å². The van der Waals surface area contributed by atoms with Crippen molar-refractivity contribution in [3.8, 4) is 5.69 Å². The molecule has 0 saturated heterocycles. The minimum absolute atomic E-state index is 0.949. The zero-order chi connectivity index (χ0) is 16.5. The van der Waals surface area contributed by atoms with Crippen LogP contribution in [0.5, 0.6) is 0 Å². The minimum Gasteiger partial charge on any atom is -0.318 e. The molecule has 0 aliphatic rings. The fraction of sp³-hybridized carbons (Fsp3) is 0.100. The molecule has 0 aliphatic heterocycles. The van der Waals surface area contributed by atoms with E-state index in [2.05, 4.69) is 58.8 Å². The van der Waals surface area contributed by atoms with Crippen molar-refractivity contribution in [3.05, 3.63) is 83.9 Å². The second-order valence-electron chi connectivity index (χ2n) is 5.82. The van der Waals surface area contributed by atoms with Crippen molar-refractivity contribution in [2.45, 2.75) is 13.8 Å². The van der Waals surface area contributed by atoms with Crippen molar-refractivity contribution in [2.24, 2.45) is 5.10 Å². The molecule has 2 aromatic carbocycles. The lowest BCUT2D eigenvalue weighted by atomic mass is 10.2. The number of hydrogen-bond donors (Lipinski definition) is 0. The van der Waals surface area contributed by atoms with Crippen LogP contribution < -0.4 is 0 Å². The van der Waals surface area contributed by atoms with Gasteiger partial charge in [0.05, 0.1) is 17.2 Å². The highest BCUT2D eigenvalue weighted by molar-refractivity contribution is 5.83. The smallest absolute Gasteiger partial charge is 0.118 e. The standard InChI is InChI=1S/C20H18N4/c1-15-12-17(16(2)24(15)18-8-4-3-5-9-18)13-22-23-14-21-19-10-6-7-11-20(19)23/h3-14H,1-2H3/b22-13-. The number of rotatable bonds is 3. The van der Waals surface area contributed by atoms with Gasteiger partial charge in [0.1, 0.15) is 6.33 Å². The first kappa shape index (κ1) is 14.5. The molecule has 0 unspecified atom stereocenters. The third-order valence-corrected chi connectivity index (χ3v) is 4.24. The van der Waals surface area contributed by atoms with Gasteiger partial charge in [-0.2, -0.15) is 5.10 Å². The van der Waals surface area contributed by atoms with Crippen LogP contribution in [0.25, 0.3) is 16.7 Å². The Morgan fingerprint density at radius 3 is 2.54 bits per heavy atom. The van der Waals surface area contributed by atoms with Gasteiger partial charge in [-0.05, 0) is 44.2 Å². The molecular formula is C20H18N4. The molecule has 0 fully saturated rings. The van der Waals surface area contributed by atoms with E-state index in [1.165, 1.54) is 17.1 Å². The maximum absolute atomic E-state index is 4.59. The lowest BCUT2D eigenvalue weighted by Crippen LogP contribution is -1.99. The van der Waals surface area contributed by atoms with Crippen LogP contribution in [0.3, 0.4) is 0 Å². The van der Waals surface area contributed by atoms with Crippen LogP contribution in [0, 0.1) is 13.8 Å². The first-order valence-corrected chi connectivity index (χ1v) is 7.95. The highest BCUT2D eigenvalue weighted by Crippen LogP contribution is 2.20. The normalized spacial score (nSPS) is 11.6. The summed E-state index contributed by atoms with van der Waals surface area (Å²) in [7, 11) is 0. The Bertz CT molecular complexity index is 1020. The van der Waals surface area contributed by atoms with Crippen LogP contribution in [0.4, 0.5) is 0 Å². The summed E-state index contributed by atoms with van der Waals surface area (Å²) >= 11 is 0. The topological polar surface area (TPSA) is 35.1 Å². The van der Waals surface area contributed by atoms with Crippen molar-refractivity contribution < 1.29 is 0 Å². The van der Waals surface area contributed by atoms with Crippen molar-refractivity contribution in [1.82, 2.24) is 14.2 Å². The second kappa shape index (κ2) is 5.81. The van der Waals surface area contributed by atoms with E-state index in [-0.39, 0.29) is 0 Å². The number of aryl methyl sites for hydroxylation is 1. The van der Waals surface area contributed by atoms with E-state index in [9.17, 15) is 0 Å². The lowest BCUT2D eigenvalue weighted by molar-refractivity contribution is 0.913. The Morgan fingerprint density at radius 1 is 0.958 bits per heavy atom. The van der Waals surface area contributed by atoms with Gasteiger partial charge >= 0.3 is 0 Å². The largest absolute Gasteiger partial charge is 0.318 e. The van der Waals surface area contributed by atoms with E-state index < -0.39 is 0 Å². The molecule has 4 aromatic rings. The third-order valence-electron chi connectivity index (χ3n) is 4.24. The highest BCUT2D eigenvalue weighted by atomic mass is 15.4. The van der Waals surface area contributed by atoms with Gasteiger partial charge in [0.15, 0.2) is 0 Å². The van der Waals surface area contributed by atoms with Crippen LogP contribution in [0.1, 0.15) is 17.0 Å². The summed E-state index contributed by atoms with van der Waals surface area (Å²) in [5.74, 6) is 0. The van der Waals surface area contributed by atoms with Crippen LogP contribution >= 0.6 is 0 Å². The Balaban J connectivity index is 1.73. The molecule has 4 nitrogen and oxygen atoms in total. The molecular weight excluding hydrogens is 296 g/mol. The number of fused-ring (bicyclic) bond motifs is 1.